The fourth-order valence-electron chi connectivity index (χ4n) is 1.19. The Hall–Kier alpha value is -1.09. The molecule has 0 saturated heterocycles. The summed E-state index contributed by atoms with van der Waals surface area (Å²) in [4.78, 5) is 10.9. The van der Waals surface area contributed by atoms with E-state index in [1.54, 1.807) is 6.08 Å². The highest BCUT2D eigenvalue weighted by molar-refractivity contribution is 7.08. The van der Waals surface area contributed by atoms with Gasteiger partial charge in [0.15, 0.2) is 0 Å². The summed E-state index contributed by atoms with van der Waals surface area (Å²) in [5, 5.41) is 12.7. The van der Waals surface area contributed by atoms with Gasteiger partial charge in [-0.25, -0.2) is 0 Å². The summed E-state index contributed by atoms with van der Waals surface area (Å²) in [5.41, 5.74) is 0.902. The van der Waals surface area contributed by atoms with Crippen LogP contribution in [0.5, 0.6) is 0 Å². The number of thiophene rings is 1. The third-order valence-electron chi connectivity index (χ3n) is 1.90. The maximum atomic E-state index is 10.9. The first kappa shape index (κ1) is 9.99. The first-order chi connectivity index (χ1) is 6.25. The molecule has 1 aromatic heterocycles. The quantitative estimate of drug-likeness (QED) is 0.735. The van der Waals surface area contributed by atoms with Crippen molar-refractivity contribution in [2.24, 2.45) is 0 Å². The molecular weight excluding hydrogens is 184 g/mol. The van der Waals surface area contributed by atoms with E-state index in [0.29, 0.717) is 6.42 Å². The molecule has 0 spiro atoms. The summed E-state index contributed by atoms with van der Waals surface area (Å²) in [5.74, 6) is -1.12. The van der Waals surface area contributed by atoms with E-state index in [1.807, 2.05) is 16.8 Å². The molecule has 0 aromatic carbocycles. The highest BCUT2D eigenvalue weighted by Crippen LogP contribution is 2.23. The predicted molar refractivity (Wildman–Crippen MR) is 54.1 cm³/mol. The van der Waals surface area contributed by atoms with Crippen molar-refractivity contribution in [2.75, 3.05) is 0 Å². The summed E-state index contributed by atoms with van der Waals surface area (Å²) in [7, 11) is 0. The van der Waals surface area contributed by atoms with Crippen LogP contribution in [0.3, 0.4) is 0 Å². The van der Waals surface area contributed by atoms with E-state index in [0.717, 1.165) is 12.0 Å². The van der Waals surface area contributed by atoms with Crippen LogP contribution in [0.1, 0.15) is 24.3 Å². The Bertz CT molecular complexity index is 277. The number of carbonyl (C=O) groups is 1. The van der Waals surface area contributed by atoms with Crippen LogP contribution in [0, 0.1) is 0 Å². The first-order valence-electron chi connectivity index (χ1n) is 4.11. The van der Waals surface area contributed by atoms with E-state index >= 15 is 0 Å². The van der Waals surface area contributed by atoms with E-state index in [9.17, 15) is 4.79 Å². The van der Waals surface area contributed by atoms with E-state index < -0.39 is 5.97 Å². The number of hydrogen-bond acceptors (Lipinski definition) is 2. The second-order valence-corrected chi connectivity index (χ2v) is 3.59. The van der Waals surface area contributed by atoms with Crippen molar-refractivity contribution < 1.29 is 9.90 Å². The van der Waals surface area contributed by atoms with Crippen LogP contribution < -0.4 is 0 Å². The fourth-order valence-corrected chi connectivity index (χ4v) is 1.90. The van der Waals surface area contributed by atoms with Crippen molar-refractivity contribution in [3.05, 3.63) is 35.0 Å². The van der Waals surface area contributed by atoms with Crippen molar-refractivity contribution >= 4 is 17.3 Å². The molecule has 0 radical (unpaired) electrons. The SMILES string of the molecule is C=CCCC(C(=O)O)c1ccsc1. The molecule has 3 heteroatoms. The minimum absolute atomic E-state index is 0.371. The normalized spacial score (nSPS) is 12.3. The van der Waals surface area contributed by atoms with Gasteiger partial charge >= 0.3 is 5.97 Å². The lowest BCUT2D eigenvalue weighted by Crippen LogP contribution is -2.10. The molecule has 1 unspecified atom stereocenters. The molecule has 1 N–H and O–H groups in total. The lowest BCUT2D eigenvalue weighted by Gasteiger charge is -2.08. The largest absolute Gasteiger partial charge is 0.481 e. The van der Waals surface area contributed by atoms with Gasteiger partial charge < -0.3 is 5.11 Å². The van der Waals surface area contributed by atoms with Crippen LogP contribution in [0.2, 0.25) is 0 Å². The smallest absolute Gasteiger partial charge is 0.311 e. The molecule has 1 rings (SSSR count). The predicted octanol–water partition coefficient (Wildman–Crippen LogP) is 2.88. The van der Waals surface area contributed by atoms with Crippen molar-refractivity contribution in [3.8, 4) is 0 Å². The van der Waals surface area contributed by atoms with Gasteiger partial charge in [-0.1, -0.05) is 6.08 Å². The molecule has 0 bridgehead atoms. The van der Waals surface area contributed by atoms with Gasteiger partial charge in [-0.2, -0.15) is 11.3 Å². The average molecular weight is 196 g/mol. The molecule has 0 saturated carbocycles. The number of allylic oxidation sites excluding steroid dienone is 1. The Morgan fingerprint density at radius 1 is 1.77 bits per heavy atom. The van der Waals surface area contributed by atoms with Crippen molar-refractivity contribution in [3.63, 3.8) is 0 Å². The Morgan fingerprint density at radius 3 is 3.00 bits per heavy atom. The lowest BCUT2D eigenvalue weighted by molar-refractivity contribution is -0.138. The fraction of sp³-hybridized carbons (Fsp3) is 0.300. The Balaban J connectivity index is 2.68. The Labute approximate surface area is 81.5 Å². The van der Waals surface area contributed by atoms with E-state index in [-0.39, 0.29) is 5.92 Å². The molecule has 1 atom stereocenters. The van der Waals surface area contributed by atoms with Gasteiger partial charge in [0.2, 0.25) is 0 Å². The average Bonchev–Trinajstić information content (AvgIpc) is 2.57. The number of carboxylic acid groups (broad SMARTS) is 1. The molecule has 0 amide bonds. The molecule has 1 heterocycles. The maximum absolute atomic E-state index is 10.9. The van der Waals surface area contributed by atoms with Crippen LogP contribution >= 0.6 is 11.3 Å². The highest BCUT2D eigenvalue weighted by atomic mass is 32.1. The highest BCUT2D eigenvalue weighted by Gasteiger charge is 2.18. The summed E-state index contributed by atoms with van der Waals surface area (Å²) in [6, 6.07) is 1.87. The van der Waals surface area contributed by atoms with Gasteiger partial charge in [0.05, 0.1) is 5.92 Å². The van der Waals surface area contributed by atoms with E-state index in [4.69, 9.17) is 5.11 Å². The maximum Gasteiger partial charge on any atom is 0.311 e. The zero-order valence-electron chi connectivity index (χ0n) is 7.27. The zero-order valence-corrected chi connectivity index (χ0v) is 8.09. The zero-order chi connectivity index (χ0) is 9.68. The Morgan fingerprint density at radius 2 is 2.54 bits per heavy atom. The van der Waals surface area contributed by atoms with Gasteiger partial charge in [-0.15, -0.1) is 6.58 Å². The standard InChI is InChI=1S/C10H12O2S/c1-2-3-4-9(10(11)12)8-5-6-13-7-8/h2,5-7,9H,1,3-4H2,(H,11,12). The molecule has 1 aromatic rings. The van der Waals surface area contributed by atoms with Gasteiger partial charge in [-0.3, -0.25) is 4.79 Å². The van der Waals surface area contributed by atoms with Crippen molar-refractivity contribution in [1.82, 2.24) is 0 Å². The minimum atomic E-state index is -0.750. The third-order valence-corrected chi connectivity index (χ3v) is 2.60. The second-order valence-electron chi connectivity index (χ2n) is 2.81. The van der Waals surface area contributed by atoms with Crippen LogP contribution in [0.25, 0.3) is 0 Å². The van der Waals surface area contributed by atoms with E-state index in [2.05, 4.69) is 6.58 Å². The Kier molecular flexibility index (Phi) is 3.71. The van der Waals surface area contributed by atoms with Crippen LogP contribution in [-0.4, -0.2) is 11.1 Å². The summed E-state index contributed by atoms with van der Waals surface area (Å²) in [6.45, 7) is 3.58. The summed E-state index contributed by atoms with van der Waals surface area (Å²) >= 11 is 1.53. The first-order valence-corrected chi connectivity index (χ1v) is 5.05. The molecule has 2 nitrogen and oxygen atoms in total. The number of carboxylic acids is 1. The molecule has 0 aliphatic carbocycles. The van der Waals surface area contributed by atoms with Gasteiger partial charge in [-0.05, 0) is 35.2 Å². The molecule has 13 heavy (non-hydrogen) atoms. The van der Waals surface area contributed by atoms with Crippen molar-refractivity contribution in [1.29, 1.82) is 0 Å². The second kappa shape index (κ2) is 4.82. The topological polar surface area (TPSA) is 37.3 Å². The molecule has 0 aliphatic rings. The van der Waals surface area contributed by atoms with Gasteiger partial charge in [0, 0.05) is 0 Å². The van der Waals surface area contributed by atoms with Crippen LogP contribution in [-0.2, 0) is 4.79 Å². The summed E-state index contributed by atoms with van der Waals surface area (Å²) < 4.78 is 0. The molecular formula is C10H12O2S. The van der Waals surface area contributed by atoms with Gasteiger partial charge in [0.25, 0.3) is 0 Å². The number of aliphatic carboxylic acids is 1. The van der Waals surface area contributed by atoms with Crippen molar-refractivity contribution in [2.45, 2.75) is 18.8 Å². The molecule has 0 fully saturated rings. The summed E-state index contributed by atoms with van der Waals surface area (Å²) in [6.07, 6.45) is 3.13. The van der Waals surface area contributed by atoms with E-state index in [1.165, 1.54) is 11.3 Å². The third kappa shape index (κ3) is 2.70. The minimum Gasteiger partial charge on any atom is -0.481 e. The lowest BCUT2D eigenvalue weighted by atomic mass is 9.97. The molecule has 0 aliphatic heterocycles. The van der Waals surface area contributed by atoms with Crippen LogP contribution in [0.4, 0.5) is 0 Å². The monoisotopic (exact) mass is 196 g/mol. The number of hydrogen-bond donors (Lipinski definition) is 1. The van der Waals surface area contributed by atoms with Gasteiger partial charge in [0.1, 0.15) is 0 Å². The number of rotatable bonds is 5. The van der Waals surface area contributed by atoms with Crippen LogP contribution in [0.15, 0.2) is 29.5 Å². The molecule has 70 valence electrons.